The predicted octanol–water partition coefficient (Wildman–Crippen LogP) is 0.625. The number of esters is 1. The van der Waals surface area contributed by atoms with E-state index in [-0.39, 0.29) is 12.1 Å². The van der Waals surface area contributed by atoms with Gasteiger partial charge in [0.15, 0.2) is 0 Å². The molecule has 1 fully saturated rings. The van der Waals surface area contributed by atoms with Crippen LogP contribution in [0.4, 0.5) is 0 Å². The van der Waals surface area contributed by atoms with Gasteiger partial charge in [-0.1, -0.05) is 6.92 Å². The van der Waals surface area contributed by atoms with Crippen LogP contribution in [0.2, 0.25) is 0 Å². The number of ether oxygens (including phenoxy) is 2. The third-order valence-electron chi connectivity index (χ3n) is 2.85. The van der Waals surface area contributed by atoms with Gasteiger partial charge in [0.2, 0.25) is 0 Å². The van der Waals surface area contributed by atoms with E-state index in [1.165, 1.54) is 7.11 Å². The van der Waals surface area contributed by atoms with Crippen molar-refractivity contribution in [3.05, 3.63) is 11.6 Å². The molecule has 1 N–H and O–H groups in total. The second-order valence-electron chi connectivity index (χ2n) is 4.02. The van der Waals surface area contributed by atoms with Crippen molar-refractivity contribution in [3.63, 3.8) is 0 Å². The van der Waals surface area contributed by atoms with Gasteiger partial charge < -0.3 is 14.8 Å². The van der Waals surface area contributed by atoms with E-state index >= 15 is 0 Å². The van der Waals surface area contributed by atoms with E-state index in [1.807, 2.05) is 6.08 Å². The highest BCUT2D eigenvalue weighted by Gasteiger charge is 2.46. The van der Waals surface area contributed by atoms with Crippen LogP contribution in [-0.2, 0) is 14.3 Å². The SMILES string of the molecule is CCCOC1C=C(C(=O)OC)CC2NC21. The summed E-state index contributed by atoms with van der Waals surface area (Å²) in [5, 5.41) is 3.31. The fourth-order valence-electron chi connectivity index (χ4n) is 2.00. The van der Waals surface area contributed by atoms with Crippen LogP contribution in [0.5, 0.6) is 0 Å². The number of fused-ring (bicyclic) bond motifs is 1. The molecule has 1 aliphatic carbocycles. The molecule has 2 rings (SSSR count). The van der Waals surface area contributed by atoms with Crippen LogP contribution in [0.3, 0.4) is 0 Å². The average Bonchev–Trinajstić information content (AvgIpc) is 3.03. The van der Waals surface area contributed by atoms with Crippen LogP contribution in [0.25, 0.3) is 0 Å². The van der Waals surface area contributed by atoms with Crippen LogP contribution in [-0.4, -0.2) is 37.9 Å². The second-order valence-corrected chi connectivity index (χ2v) is 4.02. The maximum atomic E-state index is 11.4. The largest absolute Gasteiger partial charge is 0.466 e. The molecule has 1 heterocycles. The monoisotopic (exact) mass is 211 g/mol. The first kappa shape index (κ1) is 10.6. The topological polar surface area (TPSA) is 57.5 Å². The lowest BCUT2D eigenvalue weighted by Crippen LogP contribution is -2.26. The summed E-state index contributed by atoms with van der Waals surface area (Å²) in [6.45, 7) is 2.81. The Morgan fingerprint density at radius 2 is 2.47 bits per heavy atom. The summed E-state index contributed by atoms with van der Waals surface area (Å²) in [5.74, 6) is -0.229. The molecule has 3 atom stereocenters. The summed E-state index contributed by atoms with van der Waals surface area (Å²) in [7, 11) is 1.41. The summed E-state index contributed by atoms with van der Waals surface area (Å²) in [6, 6.07) is 0.816. The third-order valence-corrected chi connectivity index (χ3v) is 2.85. The smallest absolute Gasteiger partial charge is 0.333 e. The molecule has 0 saturated carbocycles. The van der Waals surface area contributed by atoms with E-state index in [2.05, 4.69) is 12.2 Å². The Labute approximate surface area is 89.6 Å². The third kappa shape index (κ3) is 2.21. The lowest BCUT2D eigenvalue weighted by molar-refractivity contribution is -0.136. The molecule has 15 heavy (non-hydrogen) atoms. The molecule has 0 aromatic heterocycles. The molecule has 1 saturated heterocycles. The van der Waals surface area contributed by atoms with Crippen molar-refractivity contribution in [3.8, 4) is 0 Å². The van der Waals surface area contributed by atoms with Crippen molar-refractivity contribution in [1.82, 2.24) is 5.32 Å². The van der Waals surface area contributed by atoms with E-state index in [0.29, 0.717) is 12.1 Å². The fourth-order valence-corrected chi connectivity index (χ4v) is 2.00. The molecule has 4 nitrogen and oxygen atoms in total. The molecule has 2 aliphatic rings. The number of rotatable bonds is 4. The van der Waals surface area contributed by atoms with Gasteiger partial charge >= 0.3 is 5.97 Å². The Hall–Kier alpha value is -0.870. The number of nitrogens with one attached hydrogen (secondary N) is 1. The van der Waals surface area contributed by atoms with Gasteiger partial charge in [0.25, 0.3) is 0 Å². The summed E-state index contributed by atoms with van der Waals surface area (Å²) >= 11 is 0. The zero-order valence-corrected chi connectivity index (χ0v) is 9.16. The summed E-state index contributed by atoms with van der Waals surface area (Å²) in [6.07, 6.45) is 3.71. The van der Waals surface area contributed by atoms with E-state index < -0.39 is 0 Å². The second kappa shape index (κ2) is 4.33. The molecule has 1 aliphatic heterocycles. The maximum Gasteiger partial charge on any atom is 0.333 e. The first-order valence-electron chi connectivity index (χ1n) is 5.43. The van der Waals surface area contributed by atoms with Crippen molar-refractivity contribution in [2.75, 3.05) is 13.7 Å². The van der Waals surface area contributed by atoms with Crippen LogP contribution in [0.15, 0.2) is 11.6 Å². The highest BCUT2D eigenvalue weighted by Crippen LogP contribution is 2.31. The number of hydrogen-bond donors (Lipinski definition) is 1. The summed E-state index contributed by atoms with van der Waals surface area (Å²) in [5.41, 5.74) is 0.741. The van der Waals surface area contributed by atoms with Gasteiger partial charge in [0.05, 0.1) is 19.3 Å². The van der Waals surface area contributed by atoms with Gasteiger partial charge in [0, 0.05) is 18.2 Å². The molecule has 0 aromatic rings. The minimum atomic E-state index is -0.229. The standard InChI is InChI=1S/C11H17NO3/c1-3-4-15-9-6-7(11(13)14-2)5-8-10(9)12-8/h6,8-10,12H,3-5H2,1-2H3. The van der Waals surface area contributed by atoms with Crippen LogP contribution >= 0.6 is 0 Å². The number of hydrogen-bond acceptors (Lipinski definition) is 4. The highest BCUT2D eigenvalue weighted by atomic mass is 16.5. The Kier molecular flexibility index (Phi) is 3.07. The normalized spacial score (nSPS) is 32.9. The molecule has 4 heteroatoms. The first-order chi connectivity index (χ1) is 7.26. The Bertz CT molecular complexity index is 288. The first-order valence-corrected chi connectivity index (χ1v) is 5.43. The Morgan fingerprint density at radius 3 is 3.13 bits per heavy atom. The number of carbonyl (C=O) groups excluding carboxylic acids is 1. The van der Waals surface area contributed by atoms with Crippen LogP contribution < -0.4 is 5.32 Å². The predicted molar refractivity (Wildman–Crippen MR) is 55.5 cm³/mol. The van der Waals surface area contributed by atoms with Crippen molar-refractivity contribution in [2.45, 2.75) is 38.0 Å². The van der Waals surface area contributed by atoms with E-state index in [0.717, 1.165) is 25.0 Å². The van der Waals surface area contributed by atoms with Gasteiger partial charge in [-0.05, 0) is 18.9 Å². The van der Waals surface area contributed by atoms with Crippen molar-refractivity contribution < 1.29 is 14.3 Å². The molecular weight excluding hydrogens is 194 g/mol. The molecule has 84 valence electrons. The minimum absolute atomic E-state index is 0.0396. The van der Waals surface area contributed by atoms with Crippen LogP contribution in [0, 0.1) is 0 Å². The quantitative estimate of drug-likeness (QED) is 0.547. The molecule has 3 unspecified atom stereocenters. The van der Waals surface area contributed by atoms with E-state index in [4.69, 9.17) is 9.47 Å². The molecular formula is C11H17NO3. The van der Waals surface area contributed by atoms with Gasteiger partial charge in [-0.2, -0.15) is 0 Å². The van der Waals surface area contributed by atoms with Gasteiger partial charge in [-0.25, -0.2) is 4.79 Å². The highest BCUT2D eigenvalue weighted by molar-refractivity contribution is 5.89. The Balaban J connectivity index is 2.00. The molecule has 0 aromatic carbocycles. The minimum Gasteiger partial charge on any atom is -0.466 e. The fraction of sp³-hybridized carbons (Fsp3) is 0.727. The zero-order valence-electron chi connectivity index (χ0n) is 9.16. The van der Waals surface area contributed by atoms with E-state index in [1.54, 1.807) is 0 Å². The lowest BCUT2D eigenvalue weighted by atomic mass is 9.97. The van der Waals surface area contributed by atoms with E-state index in [9.17, 15) is 4.79 Å². The Morgan fingerprint density at radius 1 is 1.67 bits per heavy atom. The maximum absolute atomic E-state index is 11.4. The zero-order chi connectivity index (χ0) is 10.8. The van der Waals surface area contributed by atoms with Crippen LogP contribution in [0.1, 0.15) is 19.8 Å². The summed E-state index contributed by atoms with van der Waals surface area (Å²) < 4.78 is 10.4. The van der Waals surface area contributed by atoms with Gasteiger partial charge in [-0.3, -0.25) is 0 Å². The summed E-state index contributed by atoms with van der Waals surface area (Å²) in [4.78, 5) is 11.4. The van der Waals surface area contributed by atoms with Crippen molar-refractivity contribution in [1.29, 1.82) is 0 Å². The number of methoxy groups -OCH3 is 1. The van der Waals surface area contributed by atoms with Gasteiger partial charge in [-0.15, -0.1) is 0 Å². The van der Waals surface area contributed by atoms with Crippen molar-refractivity contribution in [2.24, 2.45) is 0 Å². The molecule has 0 spiro atoms. The van der Waals surface area contributed by atoms with Gasteiger partial charge in [0.1, 0.15) is 0 Å². The molecule has 0 amide bonds. The number of carbonyl (C=O) groups is 1. The molecule has 0 bridgehead atoms. The lowest BCUT2D eigenvalue weighted by Gasteiger charge is -2.18. The average molecular weight is 211 g/mol. The van der Waals surface area contributed by atoms with Crippen molar-refractivity contribution >= 4 is 5.97 Å². The molecule has 0 radical (unpaired) electrons.